The minimum Gasteiger partial charge on any atom is -0.463 e. The molecule has 0 unspecified atom stereocenters. The molecule has 23 heavy (non-hydrogen) atoms. The molecule has 0 bridgehead atoms. The number of hydrogen-bond acceptors (Lipinski definition) is 4. The van der Waals surface area contributed by atoms with E-state index in [-0.39, 0.29) is 0 Å². The lowest BCUT2D eigenvalue weighted by Crippen LogP contribution is -2.07. The molecule has 0 N–H and O–H groups in total. The Morgan fingerprint density at radius 1 is 0.913 bits per heavy atom. The molecule has 0 fully saturated rings. The first-order valence-electron chi connectivity index (χ1n) is 8.16. The zero-order chi connectivity index (χ0) is 17.1. The Morgan fingerprint density at radius 2 is 1.52 bits per heavy atom. The second kappa shape index (κ2) is 10.6. The van der Waals surface area contributed by atoms with E-state index in [2.05, 4.69) is 6.92 Å². The molecular weight excluding hydrogens is 292 g/mol. The lowest BCUT2D eigenvalue weighted by atomic mass is 10.1. The molecule has 4 nitrogen and oxygen atoms in total. The van der Waals surface area contributed by atoms with E-state index in [1.165, 1.54) is 12.8 Å². The predicted octanol–water partition coefficient (Wildman–Crippen LogP) is 4.28. The Kier molecular flexibility index (Phi) is 8.73. The summed E-state index contributed by atoms with van der Waals surface area (Å²) in [5.41, 5.74) is 2.03. The molecule has 0 saturated carbocycles. The number of carbonyl (C=O) groups is 2. The van der Waals surface area contributed by atoms with Crippen LogP contribution >= 0.6 is 0 Å². The van der Waals surface area contributed by atoms with Crippen LogP contribution in [0.15, 0.2) is 30.4 Å². The summed E-state index contributed by atoms with van der Waals surface area (Å²) in [7, 11) is 0. The van der Waals surface area contributed by atoms with Gasteiger partial charge < -0.3 is 9.47 Å². The SMILES string of the molecule is CCCCCCCOC(=O)/C=C/C(=O)Oc1cc(C)cc(C)c1. The summed E-state index contributed by atoms with van der Waals surface area (Å²) in [6, 6.07) is 5.53. The van der Waals surface area contributed by atoms with Gasteiger partial charge in [0, 0.05) is 12.2 Å². The highest BCUT2D eigenvalue weighted by Gasteiger charge is 2.04. The van der Waals surface area contributed by atoms with Gasteiger partial charge in [-0.3, -0.25) is 0 Å². The molecule has 0 aromatic heterocycles. The standard InChI is InChI=1S/C19H26O4/c1-4-5-6-7-8-11-22-18(20)9-10-19(21)23-17-13-15(2)12-16(3)14-17/h9-10,12-14H,4-8,11H2,1-3H3/b10-9+. The molecule has 1 rings (SSSR count). The molecule has 0 aliphatic carbocycles. The van der Waals surface area contributed by atoms with E-state index in [1.807, 2.05) is 19.9 Å². The summed E-state index contributed by atoms with van der Waals surface area (Å²) in [4.78, 5) is 23.2. The third-order valence-electron chi connectivity index (χ3n) is 3.26. The fourth-order valence-corrected chi connectivity index (χ4v) is 2.20. The third kappa shape index (κ3) is 8.81. The molecule has 0 saturated heterocycles. The van der Waals surface area contributed by atoms with Crippen LogP contribution in [0.4, 0.5) is 0 Å². The predicted molar refractivity (Wildman–Crippen MR) is 90.4 cm³/mol. The van der Waals surface area contributed by atoms with Crippen molar-refractivity contribution in [2.75, 3.05) is 6.61 Å². The van der Waals surface area contributed by atoms with E-state index < -0.39 is 11.9 Å². The summed E-state index contributed by atoms with van der Waals surface area (Å²) >= 11 is 0. The van der Waals surface area contributed by atoms with Crippen LogP contribution in [0.2, 0.25) is 0 Å². The molecular formula is C19H26O4. The minimum atomic E-state index is -0.588. The van der Waals surface area contributed by atoms with E-state index in [0.717, 1.165) is 42.5 Å². The van der Waals surface area contributed by atoms with E-state index >= 15 is 0 Å². The molecule has 4 heteroatoms. The number of benzene rings is 1. The Morgan fingerprint density at radius 3 is 2.17 bits per heavy atom. The Balaban J connectivity index is 2.29. The van der Waals surface area contributed by atoms with Crippen molar-refractivity contribution in [1.29, 1.82) is 0 Å². The first-order chi connectivity index (χ1) is 11.0. The highest BCUT2D eigenvalue weighted by Crippen LogP contribution is 2.16. The van der Waals surface area contributed by atoms with Crippen molar-refractivity contribution in [3.05, 3.63) is 41.5 Å². The summed E-state index contributed by atoms with van der Waals surface area (Å²) < 4.78 is 10.2. The lowest BCUT2D eigenvalue weighted by Gasteiger charge is -2.04. The van der Waals surface area contributed by atoms with Crippen molar-refractivity contribution in [2.24, 2.45) is 0 Å². The second-order valence-electron chi connectivity index (χ2n) is 5.66. The van der Waals surface area contributed by atoms with Crippen LogP contribution in [-0.2, 0) is 14.3 Å². The van der Waals surface area contributed by atoms with Crippen molar-refractivity contribution < 1.29 is 19.1 Å². The zero-order valence-corrected chi connectivity index (χ0v) is 14.3. The van der Waals surface area contributed by atoms with Gasteiger partial charge in [-0.25, -0.2) is 9.59 Å². The van der Waals surface area contributed by atoms with E-state index in [4.69, 9.17) is 9.47 Å². The van der Waals surface area contributed by atoms with Gasteiger partial charge in [0.15, 0.2) is 0 Å². The molecule has 0 radical (unpaired) electrons. The number of carbonyl (C=O) groups excluding carboxylic acids is 2. The Hall–Kier alpha value is -2.10. The third-order valence-corrected chi connectivity index (χ3v) is 3.26. The highest BCUT2D eigenvalue weighted by molar-refractivity contribution is 5.92. The average Bonchev–Trinajstić information content (AvgIpc) is 2.47. The van der Waals surface area contributed by atoms with Crippen LogP contribution in [-0.4, -0.2) is 18.5 Å². The van der Waals surface area contributed by atoms with Gasteiger partial charge in [-0.15, -0.1) is 0 Å². The smallest absolute Gasteiger partial charge is 0.336 e. The molecule has 1 aromatic carbocycles. The summed E-state index contributed by atoms with van der Waals surface area (Å²) in [5.74, 6) is -0.630. The number of unbranched alkanes of at least 4 members (excludes halogenated alkanes) is 4. The van der Waals surface area contributed by atoms with Gasteiger partial charge in [0.1, 0.15) is 5.75 Å². The fraction of sp³-hybridized carbons (Fsp3) is 0.474. The number of ether oxygens (including phenoxy) is 2. The van der Waals surface area contributed by atoms with Crippen LogP contribution in [0, 0.1) is 13.8 Å². The highest BCUT2D eigenvalue weighted by atomic mass is 16.5. The molecule has 0 amide bonds. The Bertz CT molecular complexity index is 526. The monoisotopic (exact) mass is 318 g/mol. The average molecular weight is 318 g/mol. The van der Waals surface area contributed by atoms with Crippen LogP contribution in [0.1, 0.15) is 50.2 Å². The quantitative estimate of drug-likeness (QED) is 0.295. The minimum absolute atomic E-state index is 0.388. The maximum atomic E-state index is 11.7. The molecule has 0 spiro atoms. The first kappa shape index (κ1) is 18.9. The lowest BCUT2D eigenvalue weighted by molar-refractivity contribution is -0.138. The topological polar surface area (TPSA) is 52.6 Å². The number of hydrogen-bond donors (Lipinski definition) is 0. The molecule has 0 atom stereocenters. The molecule has 126 valence electrons. The maximum absolute atomic E-state index is 11.7. The molecule has 0 heterocycles. The Labute approximate surface area is 138 Å². The van der Waals surface area contributed by atoms with Crippen molar-refractivity contribution >= 4 is 11.9 Å². The summed E-state index contributed by atoms with van der Waals surface area (Å²) in [5, 5.41) is 0. The van der Waals surface area contributed by atoms with Gasteiger partial charge in [-0.05, 0) is 43.5 Å². The second-order valence-corrected chi connectivity index (χ2v) is 5.66. The number of rotatable bonds is 9. The van der Waals surface area contributed by atoms with Gasteiger partial charge in [-0.2, -0.15) is 0 Å². The van der Waals surface area contributed by atoms with Gasteiger partial charge in [-0.1, -0.05) is 38.7 Å². The van der Waals surface area contributed by atoms with Gasteiger partial charge in [0.2, 0.25) is 0 Å². The van der Waals surface area contributed by atoms with Gasteiger partial charge >= 0.3 is 11.9 Å². The summed E-state index contributed by atoms with van der Waals surface area (Å²) in [6.45, 7) is 6.40. The van der Waals surface area contributed by atoms with Crippen LogP contribution in [0.5, 0.6) is 5.75 Å². The van der Waals surface area contributed by atoms with Crippen molar-refractivity contribution in [3.8, 4) is 5.75 Å². The summed E-state index contributed by atoms with van der Waals surface area (Å²) in [6.07, 6.45) is 7.66. The van der Waals surface area contributed by atoms with E-state index in [9.17, 15) is 9.59 Å². The van der Waals surface area contributed by atoms with Crippen molar-refractivity contribution in [3.63, 3.8) is 0 Å². The normalized spacial score (nSPS) is 10.7. The van der Waals surface area contributed by atoms with Crippen molar-refractivity contribution in [1.82, 2.24) is 0 Å². The number of esters is 2. The van der Waals surface area contributed by atoms with Crippen LogP contribution in [0.3, 0.4) is 0 Å². The van der Waals surface area contributed by atoms with Crippen LogP contribution in [0.25, 0.3) is 0 Å². The van der Waals surface area contributed by atoms with Crippen LogP contribution < -0.4 is 4.74 Å². The van der Waals surface area contributed by atoms with E-state index in [0.29, 0.717) is 12.4 Å². The fourth-order valence-electron chi connectivity index (χ4n) is 2.20. The molecule has 1 aromatic rings. The first-order valence-corrected chi connectivity index (χ1v) is 8.16. The van der Waals surface area contributed by atoms with E-state index in [1.54, 1.807) is 12.1 Å². The zero-order valence-electron chi connectivity index (χ0n) is 14.3. The number of aryl methyl sites for hydroxylation is 2. The van der Waals surface area contributed by atoms with Crippen molar-refractivity contribution in [2.45, 2.75) is 52.9 Å². The van der Waals surface area contributed by atoms with Gasteiger partial charge in [0.25, 0.3) is 0 Å². The maximum Gasteiger partial charge on any atom is 0.336 e. The molecule has 0 aliphatic rings. The largest absolute Gasteiger partial charge is 0.463 e. The molecule has 0 aliphatic heterocycles. The van der Waals surface area contributed by atoms with Gasteiger partial charge in [0.05, 0.1) is 6.61 Å².